The minimum atomic E-state index is -0.433. The molecule has 0 saturated carbocycles. The molecule has 0 atom stereocenters. The topological polar surface area (TPSA) is 81.7 Å². The zero-order valence-electron chi connectivity index (χ0n) is 12.3. The number of carbonyl (C=O) groups is 3. The van der Waals surface area contributed by atoms with Gasteiger partial charge in [0, 0.05) is 12.1 Å². The van der Waals surface area contributed by atoms with Crippen LogP contribution in [0.5, 0.6) is 0 Å². The Labute approximate surface area is 123 Å². The fourth-order valence-corrected chi connectivity index (χ4v) is 1.51. The number of ether oxygens (including phenoxy) is 2. The van der Waals surface area contributed by atoms with Gasteiger partial charge in [0.2, 0.25) is 5.91 Å². The highest BCUT2D eigenvalue weighted by Crippen LogP contribution is 2.12. The molecule has 6 nitrogen and oxygen atoms in total. The summed E-state index contributed by atoms with van der Waals surface area (Å²) in [5, 5.41) is 2.63. The molecule has 0 spiro atoms. The van der Waals surface area contributed by atoms with Crippen molar-refractivity contribution < 1.29 is 23.9 Å². The van der Waals surface area contributed by atoms with Crippen molar-refractivity contribution in [3.63, 3.8) is 0 Å². The van der Waals surface area contributed by atoms with E-state index in [0.29, 0.717) is 11.3 Å². The van der Waals surface area contributed by atoms with Crippen molar-refractivity contribution in [1.82, 2.24) is 0 Å². The molecule has 0 unspecified atom stereocenters. The fourth-order valence-electron chi connectivity index (χ4n) is 1.51. The van der Waals surface area contributed by atoms with Crippen molar-refractivity contribution in [3.8, 4) is 0 Å². The summed E-state index contributed by atoms with van der Waals surface area (Å²) in [7, 11) is 1.27. The number of anilines is 1. The summed E-state index contributed by atoms with van der Waals surface area (Å²) in [6, 6.07) is 6.35. The molecular weight excluding hydrogens is 274 g/mol. The smallest absolute Gasteiger partial charge is 0.338 e. The van der Waals surface area contributed by atoms with Crippen molar-refractivity contribution >= 4 is 23.5 Å². The predicted octanol–water partition coefficient (Wildman–Crippen LogP) is 2.14. The van der Waals surface area contributed by atoms with Gasteiger partial charge in [-0.3, -0.25) is 9.59 Å². The molecule has 0 aliphatic heterocycles. The Bertz CT molecular complexity index is 507. The highest BCUT2D eigenvalue weighted by Gasteiger charge is 2.10. The third kappa shape index (κ3) is 6.07. The fraction of sp³-hybridized carbons (Fsp3) is 0.400. The van der Waals surface area contributed by atoms with Crippen molar-refractivity contribution in [2.45, 2.75) is 32.8 Å². The molecule has 0 aromatic heterocycles. The first-order chi connectivity index (χ1) is 9.92. The molecule has 114 valence electrons. The number of amides is 1. The Morgan fingerprint density at radius 3 is 2.24 bits per heavy atom. The van der Waals surface area contributed by atoms with Crippen LogP contribution in [0.25, 0.3) is 0 Å². The van der Waals surface area contributed by atoms with Crippen LogP contribution in [0.15, 0.2) is 24.3 Å². The van der Waals surface area contributed by atoms with Gasteiger partial charge in [-0.05, 0) is 38.1 Å². The Kier molecular flexibility index (Phi) is 6.39. The maximum absolute atomic E-state index is 11.6. The number of methoxy groups -OCH3 is 1. The van der Waals surface area contributed by atoms with Gasteiger partial charge in [-0.2, -0.15) is 0 Å². The van der Waals surface area contributed by atoms with Gasteiger partial charge in [0.05, 0.1) is 25.2 Å². The number of benzene rings is 1. The third-order valence-corrected chi connectivity index (χ3v) is 2.53. The van der Waals surface area contributed by atoms with Gasteiger partial charge in [0.1, 0.15) is 0 Å². The largest absolute Gasteiger partial charge is 0.469 e. The zero-order valence-corrected chi connectivity index (χ0v) is 12.3. The maximum Gasteiger partial charge on any atom is 0.338 e. The molecule has 6 heteroatoms. The zero-order chi connectivity index (χ0) is 15.8. The van der Waals surface area contributed by atoms with Gasteiger partial charge in [-0.25, -0.2) is 4.79 Å². The summed E-state index contributed by atoms with van der Waals surface area (Å²) in [5.41, 5.74) is 0.960. The van der Waals surface area contributed by atoms with Crippen molar-refractivity contribution in [2.24, 2.45) is 0 Å². The van der Waals surface area contributed by atoms with Crippen LogP contribution < -0.4 is 5.32 Å². The second kappa shape index (κ2) is 8.04. The van der Waals surface area contributed by atoms with Crippen LogP contribution in [0.3, 0.4) is 0 Å². The summed E-state index contributed by atoms with van der Waals surface area (Å²) >= 11 is 0. The molecule has 1 rings (SSSR count). The van der Waals surface area contributed by atoms with E-state index in [1.165, 1.54) is 7.11 Å². The molecule has 1 amide bonds. The van der Waals surface area contributed by atoms with Crippen LogP contribution in [0.4, 0.5) is 5.69 Å². The summed E-state index contributed by atoms with van der Waals surface area (Å²) in [5.74, 6) is -1.14. The molecule has 0 heterocycles. The standard InChI is InChI=1S/C15H19NO5/c1-10(2)21-15(19)11-4-6-12(7-5-11)16-13(17)8-9-14(18)20-3/h4-7,10H,8-9H2,1-3H3,(H,16,17). The average molecular weight is 293 g/mol. The van der Waals surface area contributed by atoms with Gasteiger partial charge >= 0.3 is 11.9 Å². The lowest BCUT2D eigenvalue weighted by Crippen LogP contribution is -2.14. The first-order valence-corrected chi connectivity index (χ1v) is 6.60. The van der Waals surface area contributed by atoms with Crippen LogP contribution >= 0.6 is 0 Å². The molecule has 21 heavy (non-hydrogen) atoms. The molecule has 0 fully saturated rings. The summed E-state index contributed by atoms with van der Waals surface area (Å²) in [6.45, 7) is 3.54. The minimum absolute atomic E-state index is 0.0289. The minimum Gasteiger partial charge on any atom is -0.469 e. The van der Waals surface area contributed by atoms with E-state index < -0.39 is 11.9 Å². The second-order valence-electron chi connectivity index (χ2n) is 4.66. The van der Waals surface area contributed by atoms with Crippen LogP contribution in [-0.4, -0.2) is 31.1 Å². The number of esters is 2. The van der Waals surface area contributed by atoms with E-state index in [1.54, 1.807) is 38.1 Å². The number of rotatable bonds is 6. The average Bonchev–Trinajstić information content (AvgIpc) is 2.44. The Balaban J connectivity index is 2.52. The third-order valence-electron chi connectivity index (χ3n) is 2.53. The molecule has 1 aromatic carbocycles. The Morgan fingerprint density at radius 2 is 1.71 bits per heavy atom. The van der Waals surface area contributed by atoms with E-state index in [-0.39, 0.29) is 24.9 Å². The molecule has 0 aliphatic carbocycles. The highest BCUT2D eigenvalue weighted by molar-refractivity contribution is 5.94. The highest BCUT2D eigenvalue weighted by atomic mass is 16.5. The van der Waals surface area contributed by atoms with Gasteiger partial charge in [0.15, 0.2) is 0 Å². The molecule has 0 radical (unpaired) electrons. The molecule has 0 bridgehead atoms. The molecular formula is C15H19NO5. The number of carbonyl (C=O) groups excluding carboxylic acids is 3. The normalized spacial score (nSPS) is 10.1. The van der Waals surface area contributed by atoms with Gasteiger partial charge in [0.25, 0.3) is 0 Å². The van der Waals surface area contributed by atoms with E-state index in [4.69, 9.17) is 4.74 Å². The van der Waals surface area contributed by atoms with Crippen molar-refractivity contribution in [3.05, 3.63) is 29.8 Å². The van der Waals surface area contributed by atoms with Crippen molar-refractivity contribution in [2.75, 3.05) is 12.4 Å². The maximum atomic E-state index is 11.6. The van der Waals surface area contributed by atoms with Gasteiger partial charge in [-0.15, -0.1) is 0 Å². The lowest BCUT2D eigenvalue weighted by atomic mass is 10.2. The van der Waals surface area contributed by atoms with Crippen molar-refractivity contribution in [1.29, 1.82) is 0 Å². The summed E-state index contributed by atoms with van der Waals surface area (Å²) in [6.07, 6.45) is -0.111. The summed E-state index contributed by atoms with van der Waals surface area (Å²) < 4.78 is 9.51. The van der Waals surface area contributed by atoms with E-state index in [0.717, 1.165) is 0 Å². The SMILES string of the molecule is COC(=O)CCC(=O)Nc1ccc(C(=O)OC(C)C)cc1. The monoisotopic (exact) mass is 293 g/mol. The van der Waals surface area contributed by atoms with E-state index in [1.807, 2.05) is 0 Å². The number of nitrogens with one attached hydrogen (secondary N) is 1. The second-order valence-corrected chi connectivity index (χ2v) is 4.66. The van der Waals surface area contributed by atoms with Crippen LogP contribution in [0, 0.1) is 0 Å². The van der Waals surface area contributed by atoms with Crippen LogP contribution in [0.1, 0.15) is 37.0 Å². The quantitative estimate of drug-likeness (QED) is 0.813. The lowest BCUT2D eigenvalue weighted by Gasteiger charge is -2.09. The van der Waals surface area contributed by atoms with Crippen LogP contribution in [0.2, 0.25) is 0 Å². The molecule has 0 aliphatic rings. The Morgan fingerprint density at radius 1 is 1.10 bits per heavy atom. The van der Waals surface area contributed by atoms with E-state index in [2.05, 4.69) is 10.1 Å². The van der Waals surface area contributed by atoms with Gasteiger partial charge < -0.3 is 14.8 Å². The Hall–Kier alpha value is -2.37. The lowest BCUT2D eigenvalue weighted by molar-refractivity contribution is -0.141. The van der Waals surface area contributed by atoms with Crippen LogP contribution in [-0.2, 0) is 19.1 Å². The van der Waals surface area contributed by atoms with E-state index >= 15 is 0 Å². The molecule has 1 N–H and O–H groups in total. The summed E-state index contributed by atoms with van der Waals surface area (Å²) in [4.78, 5) is 34.1. The first kappa shape index (κ1) is 16.7. The first-order valence-electron chi connectivity index (χ1n) is 6.60. The van der Waals surface area contributed by atoms with E-state index in [9.17, 15) is 14.4 Å². The number of hydrogen-bond donors (Lipinski definition) is 1. The van der Waals surface area contributed by atoms with Gasteiger partial charge in [-0.1, -0.05) is 0 Å². The molecule has 1 aromatic rings. The predicted molar refractivity (Wildman–Crippen MR) is 76.9 cm³/mol. The number of hydrogen-bond acceptors (Lipinski definition) is 5. The molecule has 0 saturated heterocycles.